The summed E-state index contributed by atoms with van der Waals surface area (Å²) in [5.41, 5.74) is -0.791. The smallest absolute Gasteiger partial charge is 0.349 e. The third-order valence-electron chi connectivity index (χ3n) is 3.86. The van der Waals surface area contributed by atoms with Gasteiger partial charge in [-0.2, -0.15) is 9.78 Å². The van der Waals surface area contributed by atoms with Gasteiger partial charge in [0.15, 0.2) is 5.75 Å². The van der Waals surface area contributed by atoms with Crippen LogP contribution in [0.25, 0.3) is 5.69 Å². The van der Waals surface area contributed by atoms with Crippen LogP contribution in [0.5, 0.6) is 11.6 Å². The van der Waals surface area contributed by atoms with Gasteiger partial charge in [0, 0.05) is 11.6 Å². The first-order valence-corrected chi connectivity index (χ1v) is 8.90. The number of benzene rings is 1. The van der Waals surface area contributed by atoms with Gasteiger partial charge in [-0.3, -0.25) is 14.6 Å². The molecule has 1 aromatic carbocycles. The van der Waals surface area contributed by atoms with Crippen molar-refractivity contribution in [1.29, 1.82) is 0 Å². The minimum atomic E-state index is -0.736. The second-order valence-corrected chi connectivity index (χ2v) is 7.06. The molecule has 28 heavy (non-hydrogen) atoms. The number of nitrogens with zero attached hydrogens (tertiary/aromatic N) is 3. The molecule has 0 unspecified atom stereocenters. The van der Waals surface area contributed by atoms with Crippen molar-refractivity contribution in [3.05, 3.63) is 70.7 Å². The van der Waals surface area contributed by atoms with E-state index in [1.54, 1.807) is 0 Å². The number of aromatic nitrogens is 5. The molecule has 0 spiro atoms. The van der Waals surface area contributed by atoms with Gasteiger partial charge in [0.2, 0.25) is 5.88 Å². The zero-order chi connectivity index (χ0) is 20.6. The fourth-order valence-corrected chi connectivity index (χ4v) is 2.96. The largest absolute Gasteiger partial charge is 0.434 e. The maximum Gasteiger partial charge on any atom is 0.349 e. The highest BCUT2D eigenvalue weighted by Gasteiger charge is 2.16. The minimum absolute atomic E-state index is 0.0381. The van der Waals surface area contributed by atoms with Crippen LogP contribution in [-0.4, -0.2) is 25.0 Å². The molecular weight excluding hydrogens is 409 g/mol. The van der Waals surface area contributed by atoms with Crippen LogP contribution in [0.1, 0.15) is 31.0 Å². The lowest BCUT2D eigenvalue weighted by molar-refractivity contribution is 0.452. The highest BCUT2D eigenvalue weighted by molar-refractivity contribution is 6.37. The summed E-state index contributed by atoms with van der Waals surface area (Å²) >= 11 is 12.5. The maximum atomic E-state index is 12.0. The molecule has 9 nitrogen and oxygen atoms in total. The van der Waals surface area contributed by atoms with E-state index in [0.29, 0.717) is 5.56 Å². The fourth-order valence-electron chi connectivity index (χ4n) is 2.41. The molecule has 0 aliphatic rings. The molecule has 0 amide bonds. The molecule has 0 aliphatic carbocycles. The second-order valence-electron chi connectivity index (χ2n) is 6.24. The number of ether oxygens (including phenoxy) is 1. The Labute approximate surface area is 167 Å². The molecule has 0 saturated heterocycles. The van der Waals surface area contributed by atoms with Crippen molar-refractivity contribution in [3.63, 3.8) is 0 Å². The lowest BCUT2D eigenvalue weighted by Crippen LogP contribution is -2.32. The first-order chi connectivity index (χ1) is 13.2. The topological polar surface area (TPSA) is 123 Å². The lowest BCUT2D eigenvalue weighted by atomic mass is 10.1. The minimum Gasteiger partial charge on any atom is -0.434 e. The normalized spacial score (nSPS) is 11.1. The molecule has 2 aromatic heterocycles. The van der Waals surface area contributed by atoms with E-state index in [-0.39, 0.29) is 44.5 Å². The van der Waals surface area contributed by atoms with Gasteiger partial charge in [0.25, 0.3) is 11.1 Å². The molecule has 0 saturated carbocycles. The third kappa shape index (κ3) is 3.85. The van der Waals surface area contributed by atoms with Crippen molar-refractivity contribution >= 4 is 23.2 Å². The molecule has 2 heterocycles. The van der Waals surface area contributed by atoms with Crippen LogP contribution in [0.4, 0.5) is 0 Å². The predicted octanol–water partition coefficient (Wildman–Crippen LogP) is 2.54. The molecule has 146 valence electrons. The van der Waals surface area contributed by atoms with Crippen molar-refractivity contribution in [2.75, 3.05) is 0 Å². The second kappa shape index (κ2) is 7.61. The molecule has 0 aliphatic heterocycles. The van der Waals surface area contributed by atoms with Gasteiger partial charge >= 0.3 is 5.69 Å². The van der Waals surface area contributed by atoms with Gasteiger partial charge in [0.1, 0.15) is 5.69 Å². The highest BCUT2D eigenvalue weighted by Crippen LogP contribution is 2.37. The van der Waals surface area contributed by atoms with Crippen molar-refractivity contribution in [2.24, 2.45) is 0 Å². The van der Waals surface area contributed by atoms with E-state index in [1.165, 1.54) is 25.1 Å². The van der Waals surface area contributed by atoms with Gasteiger partial charge in [-0.1, -0.05) is 37.0 Å². The molecule has 0 bridgehead atoms. The lowest BCUT2D eigenvalue weighted by Gasteiger charge is -2.12. The average Bonchev–Trinajstić information content (AvgIpc) is 2.62. The predicted molar refractivity (Wildman–Crippen MR) is 104 cm³/mol. The quantitative estimate of drug-likeness (QED) is 0.664. The Balaban J connectivity index is 2.03. The van der Waals surface area contributed by atoms with Crippen LogP contribution >= 0.6 is 23.2 Å². The molecule has 3 aromatic rings. The summed E-state index contributed by atoms with van der Waals surface area (Å²) in [7, 11) is 0. The summed E-state index contributed by atoms with van der Waals surface area (Å²) in [5.74, 6) is 0.161. The van der Waals surface area contributed by atoms with E-state index in [4.69, 9.17) is 27.9 Å². The van der Waals surface area contributed by atoms with E-state index in [0.717, 1.165) is 4.68 Å². The van der Waals surface area contributed by atoms with Gasteiger partial charge in [-0.25, -0.2) is 9.89 Å². The van der Waals surface area contributed by atoms with Gasteiger partial charge in [-0.05, 0) is 25.0 Å². The SMILES string of the molecule is Cc1nn(-c2cc(Cl)c(Oc3cc(C(C)C)c(=O)[nH]n3)c(Cl)c2)c(=O)[nH]c1=O. The summed E-state index contributed by atoms with van der Waals surface area (Å²) in [6.07, 6.45) is 0. The Morgan fingerprint density at radius 2 is 1.71 bits per heavy atom. The van der Waals surface area contributed by atoms with E-state index >= 15 is 0 Å². The average molecular weight is 424 g/mol. The molecule has 0 fully saturated rings. The Morgan fingerprint density at radius 1 is 1.07 bits per heavy atom. The van der Waals surface area contributed by atoms with Crippen molar-refractivity contribution < 1.29 is 4.74 Å². The maximum absolute atomic E-state index is 12.0. The number of halogens is 2. The summed E-state index contributed by atoms with van der Waals surface area (Å²) in [6, 6.07) is 4.31. The Hall–Kier alpha value is -2.91. The number of aryl methyl sites for hydroxylation is 1. The number of aromatic amines is 2. The first kappa shape index (κ1) is 19.8. The van der Waals surface area contributed by atoms with Crippen LogP contribution in [0, 0.1) is 6.92 Å². The number of rotatable bonds is 4. The highest BCUT2D eigenvalue weighted by atomic mass is 35.5. The molecule has 11 heteroatoms. The summed E-state index contributed by atoms with van der Waals surface area (Å²) in [4.78, 5) is 37.4. The summed E-state index contributed by atoms with van der Waals surface area (Å²) in [5, 5.41) is 10.3. The molecule has 0 radical (unpaired) electrons. The van der Waals surface area contributed by atoms with Crippen LogP contribution in [-0.2, 0) is 0 Å². The zero-order valence-electron chi connectivity index (χ0n) is 15.0. The van der Waals surface area contributed by atoms with Crippen molar-refractivity contribution in [3.8, 4) is 17.3 Å². The molecule has 3 rings (SSSR count). The van der Waals surface area contributed by atoms with Crippen LogP contribution in [0.2, 0.25) is 10.0 Å². The van der Waals surface area contributed by atoms with Gasteiger partial charge in [0.05, 0.1) is 15.7 Å². The van der Waals surface area contributed by atoms with Crippen molar-refractivity contribution in [1.82, 2.24) is 25.0 Å². The van der Waals surface area contributed by atoms with Crippen LogP contribution < -0.4 is 21.5 Å². The standard InChI is InChI=1S/C17H15Cl2N5O4/c1-7(2)10-6-13(21-22-16(10)26)28-14-11(18)4-9(5-12(14)19)24-17(27)20-15(25)8(3)23-24/h4-7H,1-3H3,(H,22,26)(H,20,25,27). The Morgan fingerprint density at radius 3 is 2.32 bits per heavy atom. The van der Waals surface area contributed by atoms with E-state index in [2.05, 4.69) is 20.3 Å². The first-order valence-electron chi connectivity index (χ1n) is 8.14. The Kier molecular flexibility index (Phi) is 5.39. The van der Waals surface area contributed by atoms with Crippen molar-refractivity contribution in [2.45, 2.75) is 26.7 Å². The molecule has 0 atom stereocenters. The fraction of sp³-hybridized carbons (Fsp3) is 0.235. The monoisotopic (exact) mass is 423 g/mol. The van der Waals surface area contributed by atoms with Gasteiger partial charge < -0.3 is 4.74 Å². The Bertz CT molecular complexity index is 1210. The van der Waals surface area contributed by atoms with E-state index in [9.17, 15) is 14.4 Å². The molecule has 2 N–H and O–H groups in total. The van der Waals surface area contributed by atoms with E-state index in [1.807, 2.05) is 13.8 Å². The van der Waals surface area contributed by atoms with E-state index < -0.39 is 11.2 Å². The zero-order valence-corrected chi connectivity index (χ0v) is 16.6. The summed E-state index contributed by atoms with van der Waals surface area (Å²) < 4.78 is 6.60. The number of hydrogen-bond donors (Lipinski definition) is 2. The molecular formula is C17H15Cl2N5O4. The van der Waals surface area contributed by atoms with Gasteiger partial charge in [-0.15, -0.1) is 5.10 Å². The van der Waals surface area contributed by atoms with Crippen LogP contribution in [0.15, 0.2) is 32.6 Å². The van der Waals surface area contributed by atoms with Crippen LogP contribution in [0.3, 0.4) is 0 Å². The summed E-state index contributed by atoms with van der Waals surface area (Å²) in [6.45, 7) is 5.18. The number of hydrogen-bond acceptors (Lipinski definition) is 6. The third-order valence-corrected chi connectivity index (χ3v) is 4.42. The number of nitrogens with one attached hydrogen (secondary N) is 2. The number of H-pyrrole nitrogens is 2.